The van der Waals surface area contributed by atoms with E-state index in [-0.39, 0.29) is 11.8 Å². The number of halogens is 1. The standard InChI is InChI=1S/C9H10ClNO4/c1-8-5(2-3-10)6(13)11-9(8,4-12)7(14)15-8/h4-5H,2-3H2,1H3,(H,11,13). The molecule has 2 heterocycles. The summed E-state index contributed by atoms with van der Waals surface area (Å²) in [6.45, 7) is 1.58. The Bertz CT molecular complexity index is 358. The zero-order valence-corrected chi connectivity index (χ0v) is 8.84. The number of nitrogens with one attached hydrogen (secondary N) is 1. The summed E-state index contributed by atoms with van der Waals surface area (Å²) in [5, 5.41) is 2.40. The second-order valence-corrected chi connectivity index (χ2v) is 4.32. The topological polar surface area (TPSA) is 72.5 Å². The summed E-state index contributed by atoms with van der Waals surface area (Å²) in [7, 11) is 0. The van der Waals surface area contributed by atoms with Gasteiger partial charge in [0, 0.05) is 5.88 Å². The Morgan fingerprint density at radius 2 is 2.27 bits per heavy atom. The van der Waals surface area contributed by atoms with Crippen LogP contribution in [0.3, 0.4) is 0 Å². The third-order valence-electron chi connectivity index (χ3n) is 3.29. The van der Waals surface area contributed by atoms with Gasteiger partial charge in [-0.25, -0.2) is 4.79 Å². The number of amides is 1. The van der Waals surface area contributed by atoms with Gasteiger partial charge in [0.2, 0.25) is 11.4 Å². The summed E-state index contributed by atoms with van der Waals surface area (Å²) in [4.78, 5) is 33.8. The SMILES string of the molecule is CC12OC(=O)C1(C=O)NC(=O)C2CCCl. The summed E-state index contributed by atoms with van der Waals surface area (Å²) >= 11 is 5.56. The number of rotatable bonds is 3. The van der Waals surface area contributed by atoms with Gasteiger partial charge in [0.05, 0.1) is 5.92 Å². The molecule has 0 saturated carbocycles. The molecule has 15 heavy (non-hydrogen) atoms. The molecule has 0 aliphatic carbocycles. The molecule has 0 bridgehead atoms. The van der Waals surface area contributed by atoms with Crippen LogP contribution in [0.2, 0.25) is 0 Å². The molecular weight excluding hydrogens is 222 g/mol. The van der Waals surface area contributed by atoms with Crippen molar-refractivity contribution < 1.29 is 19.1 Å². The number of ether oxygens (including phenoxy) is 1. The molecule has 3 unspecified atom stereocenters. The third-order valence-corrected chi connectivity index (χ3v) is 3.50. The highest BCUT2D eigenvalue weighted by Crippen LogP contribution is 2.48. The van der Waals surface area contributed by atoms with Gasteiger partial charge in [-0.2, -0.15) is 0 Å². The Hall–Kier alpha value is -1.10. The summed E-state index contributed by atoms with van der Waals surface area (Å²) < 4.78 is 4.97. The van der Waals surface area contributed by atoms with Crippen LogP contribution in [0.15, 0.2) is 0 Å². The first-order chi connectivity index (χ1) is 7.02. The Labute approximate surface area is 91.1 Å². The summed E-state index contributed by atoms with van der Waals surface area (Å²) in [5.41, 5.74) is -2.56. The molecule has 1 amide bonds. The maximum Gasteiger partial charge on any atom is 0.344 e. The van der Waals surface area contributed by atoms with E-state index in [1.165, 1.54) is 0 Å². The minimum atomic E-state index is -1.49. The van der Waals surface area contributed by atoms with Crippen molar-refractivity contribution in [1.29, 1.82) is 0 Å². The van der Waals surface area contributed by atoms with Crippen LogP contribution in [0.1, 0.15) is 13.3 Å². The fourth-order valence-corrected chi connectivity index (χ4v) is 2.49. The molecule has 2 saturated heterocycles. The van der Waals surface area contributed by atoms with Crippen LogP contribution >= 0.6 is 11.6 Å². The Kier molecular flexibility index (Phi) is 2.05. The lowest BCUT2D eigenvalue weighted by molar-refractivity contribution is -0.214. The van der Waals surface area contributed by atoms with Crippen LogP contribution in [-0.4, -0.2) is 35.2 Å². The van der Waals surface area contributed by atoms with Crippen molar-refractivity contribution in [1.82, 2.24) is 5.32 Å². The first kappa shape index (κ1) is 10.4. The van der Waals surface area contributed by atoms with Gasteiger partial charge in [0.15, 0.2) is 11.9 Å². The van der Waals surface area contributed by atoms with Gasteiger partial charge in [-0.15, -0.1) is 11.6 Å². The monoisotopic (exact) mass is 231 g/mol. The van der Waals surface area contributed by atoms with Gasteiger partial charge >= 0.3 is 5.97 Å². The first-order valence-corrected chi connectivity index (χ1v) is 5.13. The van der Waals surface area contributed by atoms with E-state index in [4.69, 9.17) is 16.3 Å². The molecule has 82 valence electrons. The van der Waals surface area contributed by atoms with Crippen molar-refractivity contribution in [2.24, 2.45) is 5.92 Å². The van der Waals surface area contributed by atoms with Crippen molar-refractivity contribution >= 4 is 29.8 Å². The van der Waals surface area contributed by atoms with Gasteiger partial charge in [0.25, 0.3) is 0 Å². The minimum absolute atomic E-state index is 0.278. The van der Waals surface area contributed by atoms with E-state index in [9.17, 15) is 14.4 Å². The molecule has 0 aromatic carbocycles. The average molecular weight is 232 g/mol. The molecule has 6 heteroatoms. The molecule has 2 aliphatic rings. The number of aldehydes is 1. The molecule has 2 rings (SSSR count). The highest BCUT2D eigenvalue weighted by molar-refractivity contribution is 6.18. The molecule has 2 aliphatic heterocycles. The van der Waals surface area contributed by atoms with Gasteiger partial charge in [-0.3, -0.25) is 9.59 Å². The molecule has 0 radical (unpaired) electrons. The van der Waals surface area contributed by atoms with Crippen molar-refractivity contribution in [3.8, 4) is 0 Å². The van der Waals surface area contributed by atoms with Crippen LogP contribution < -0.4 is 5.32 Å². The van der Waals surface area contributed by atoms with E-state index in [1.807, 2.05) is 0 Å². The highest BCUT2D eigenvalue weighted by atomic mass is 35.5. The number of fused-ring (bicyclic) bond motifs is 1. The number of hydrogen-bond acceptors (Lipinski definition) is 4. The molecule has 3 atom stereocenters. The number of esters is 1. The van der Waals surface area contributed by atoms with Gasteiger partial charge in [-0.1, -0.05) is 0 Å². The molecule has 2 fully saturated rings. The van der Waals surface area contributed by atoms with Crippen molar-refractivity contribution in [3.63, 3.8) is 0 Å². The summed E-state index contributed by atoms with van der Waals surface area (Å²) in [5.74, 6) is -1.31. The van der Waals surface area contributed by atoms with Gasteiger partial charge in [-0.05, 0) is 13.3 Å². The van der Waals surface area contributed by atoms with Gasteiger partial charge in [0.1, 0.15) is 0 Å². The fraction of sp³-hybridized carbons (Fsp3) is 0.667. The summed E-state index contributed by atoms with van der Waals surface area (Å²) in [6, 6.07) is 0. The molecule has 5 nitrogen and oxygen atoms in total. The maximum absolute atomic E-state index is 11.6. The fourth-order valence-electron chi connectivity index (χ4n) is 2.27. The van der Waals surface area contributed by atoms with Crippen LogP contribution in [0.4, 0.5) is 0 Å². The van der Waals surface area contributed by atoms with Crippen LogP contribution in [0.25, 0.3) is 0 Å². The van der Waals surface area contributed by atoms with E-state index >= 15 is 0 Å². The van der Waals surface area contributed by atoms with Crippen LogP contribution in [0.5, 0.6) is 0 Å². The molecule has 0 spiro atoms. The number of carbonyl (C=O) groups is 3. The molecular formula is C9H10ClNO4. The van der Waals surface area contributed by atoms with E-state index in [0.717, 1.165) is 0 Å². The average Bonchev–Trinajstić information content (AvgIpc) is 2.36. The number of alkyl halides is 1. The molecule has 0 aromatic heterocycles. The van der Waals surface area contributed by atoms with Gasteiger partial charge < -0.3 is 10.1 Å². The van der Waals surface area contributed by atoms with Crippen LogP contribution in [0, 0.1) is 5.92 Å². The van der Waals surface area contributed by atoms with E-state index < -0.39 is 23.0 Å². The van der Waals surface area contributed by atoms with Crippen LogP contribution in [-0.2, 0) is 19.1 Å². The normalized spacial score (nSPS) is 42.7. The Balaban J connectivity index is 2.38. The second-order valence-electron chi connectivity index (χ2n) is 3.94. The van der Waals surface area contributed by atoms with E-state index in [2.05, 4.69) is 5.32 Å². The van der Waals surface area contributed by atoms with Crippen molar-refractivity contribution in [2.75, 3.05) is 5.88 Å². The van der Waals surface area contributed by atoms with Crippen molar-refractivity contribution in [3.05, 3.63) is 0 Å². The largest absolute Gasteiger partial charge is 0.453 e. The minimum Gasteiger partial charge on any atom is -0.453 e. The lowest BCUT2D eigenvalue weighted by Gasteiger charge is -2.47. The lowest BCUT2D eigenvalue weighted by atomic mass is 9.72. The molecule has 0 aromatic rings. The number of hydrogen-bond donors (Lipinski definition) is 1. The third kappa shape index (κ3) is 0.963. The summed E-state index contributed by atoms with van der Waals surface area (Å²) in [6.07, 6.45) is 0.831. The predicted octanol–water partition coefficient (Wildman–Crippen LogP) is -0.386. The Morgan fingerprint density at radius 1 is 1.60 bits per heavy atom. The van der Waals surface area contributed by atoms with Crippen molar-refractivity contribution in [2.45, 2.75) is 24.5 Å². The molecule has 1 N–H and O–H groups in total. The predicted molar refractivity (Wildman–Crippen MR) is 50.3 cm³/mol. The zero-order chi connectivity index (χ0) is 11.3. The highest BCUT2D eigenvalue weighted by Gasteiger charge is 2.76. The second kappa shape index (κ2) is 2.95. The number of carbonyl (C=O) groups excluding carboxylic acids is 3. The van der Waals surface area contributed by atoms with E-state index in [0.29, 0.717) is 12.7 Å². The lowest BCUT2D eigenvalue weighted by Crippen LogP contribution is -2.75. The quantitative estimate of drug-likeness (QED) is 0.311. The maximum atomic E-state index is 11.6. The van der Waals surface area contributed by atoms with E-state index in [1.54, 1.807) is 6.92 Å². The first-order valence-electron chi connectivity index (χ1n) is 4.59. The smallest absolute Gasteiger partial charge is 0.344 e. The zero-order valence-electron chi connectivity index (χ0n) is 8.08. The Morgan fingerprint density at radius 3 is 2.67 bits per heavy atom.